The zero-order valence-corrected chi connectivity index (χ0v) is 8.52. The van der Waals surface area contributed by atoms with E-state index in [9.17, 15) is 5.11 Å². The summed E-state index contributed by atoms with van der Waals surface area (Å²) in [6, 6.07) is 10.4. The first-order chi connectivity index (χ1) is 6.83. The van der Waals surface area contributed by atoms with Crippen molar-refractivity contribution in [2.24, 2.45) is 5.73 Å². The Kier molecular flexibility index (Phi) is 5.27. The number of hydrogen-bond donors (Lipinski definition) is 2. The molecule has 0 radical (unpaired) electrons. The van der Waals surface area contributed by atoms with E-state index in [0.29, 0.717) is 6.54 Å². The Hall–Kier alpha value is -0.860. The van der Waals surface area contributed by atoms with Gasteiger partial charge < -0.3 is 10.8 Å². The van der Waals surface area contributed by atoms with Gasteiger partial charge in [-0.1, -0.05) is 30.3 Å². The van der Waals surface area contributed by atoms with Crippen LogP contribution in [0, 0.1) is 0 Å². The molecule has 2 nitrogen and oxygen atoms in total. The van der Waals surface area contributed by atoms with Crippen LogP contribution in [0.5, 0.6) is 0 Å². The second-order valence-corrected chi connectivity index (χ2v) is 3.61. The van der Waals surface area contributed by atoms with Crippen molar-refractivity contribution in [1.82, 2.24) is 0 Å². The lowest BCUT2D eigenvalue weighted by molar-refractivity contribution is 0.154. The van der Waals surface area contributed by atoms with E-state index in [-0.39, 0.29) is 6.10 Å². The quantitative estimate of drug-likeness (QED) is 0.722. The van der Waals surface area contributed by atoms with Gasteiger partial charge in [0.05, 0.1) is 6.10 Å². The van der Waals surface area contributed by atoms with Gasteiger partial charge in [0.1, 0.15) is 0 Å². The summed E-state index contributed by atoms with van der Waals surface area (Å²) in [5.74, 6) is 0. The van der Waals surface area contributed by atoms with Crippen LogP contribution in [0.1, 0.15) is 24.8 Å². The molecule has 1 aromatic rings. The largest absolute Gasteiger partial charge is 0.393 e. The van der Waals surface area contributed by atoms with Gasteiger partial charge in [-0.2, -0.15) is 0 Å². The Labute approximate surface area is 85.8 Å². The van der Waals surface area contributed by atoms with Crippen LogP contribution in [0.15, 0.2) is 30.3 Å². The molecule has 0 aliphatic carbocycles. The van der Waals surface area contributed by atoms with Crippen LogP contribution in [0.2, 0.25) is 0 Å². The smallest absolute Gasteiger partial charge is 0.0552 e. The van der Waals surface area contributed by atoms with Crippen molar-refractivity contribution in [3.05, 3.63) is 35.9 Å². The molecule has 2 heteroatoms. The Bertz CT molecular complexity index is 235. The van der Waals surface area contributed by atoms with Gasteiger partial charge in [0.2, 0.25) is 0 Å². The second kappa shape index (κ2) is 6.57. The molecule has 0 saturated carbocycles. The third-order valence-corrected chi connectivity index (χ3v) is 2.35. The molecule has 0 aromatic heterocycles. The zero-order valence-electron chi connectivity index (χ0n) is 8.52. The molecule has 0 saturated heterocycles. The summed E-state index contributed by atoms with van der Waals surface area (Å²) in [7, 11) is 0. The van der Waals surface area contributed by atoms with Gasteiger partial charge in [-0.3, -0.25) is 0 Å². The number of aliphatic hydroxyl groups excluding tert-OH is 1. The molecule has 0 aliphatic rings. The van der Waals surface area contributed by atoms with Crippen LogP contribution in [-0.2, 0) is 6.42 Å². The number of rotatable bonds is 6. The Morgan fingerprint density at radius 2 is 1.86 bits per heavy atom. The summed E-state index contributed by atoms with van der Waals surface area (Å²) in [6.07, 6.45) is 3.43. The van der Waals surface area contributed by atoms with Gasteiger partial charge in [0.25, 0.3) is 0 Å². The van der Waals surface area contributed by atoms with Gasteiger partial charge in [0.15, 0.2) is 0 Å². The number of aryl methyl sites for hydroxylation is 1. The molecular weight excluding hydrogens is 174 g/mol. The summed E-state index contributed by atoms with van der Waals surface area (Å²) >= 11 is 0. The van der Waals surface area contributed by atoms with Crippen LogP contribution in [0.3, 0.4) is 0 Å². The van der Waals surface area contributed by atoms with Gasteiger partial charge >= 0.3 is 0 Å². The lowest BCUT2D eigenvalue weighted by Gasteiger charge is -2.08. The maximum atomic E-state index is 9.45. The van der Waals surface area contributed by atoms with Crippen molar-refractivity contribution in [3.8, 4) is 0 Å². The van der Waals surface area contributed by atoms with Gasteiger partial charge in [-0.15, -0.1) is 0 Å². The third kappa shape index (κ3) is 4.40. The minimum Gasteiger partial charge on any atom is -0.393 e. The zero-order chi connectivity index (χ0) is 10.2. The average Bonchev–Trinajstić information content (AvgIpc) is 2.20. The summed E-state index contributed by atoms with van der Waals surface area (Å²) in [5.41, 5.74) is 6.69. The monoisotopic (exact) mass is 193 g/mol. The van der Waals surface area contributed by atoms with E-state index in [4.69, 9.17) is 5.73 Å². The van der Waals surface area contributed by atoms with E-state index >= 15 is 0 Å². The Morgan fingerprint density at radius 3 is 2.50 bits per heavy atom. The molecule has 0 fully saturated rings. The normalized spacial score (nSPS) is 12.7. The summed E-state index contributed by atoms with van der Waals surface area (Å²) in [4.78, 5) is 0. The minimum absolute atomic E-state index is 0.219. The summed E-state index contributed by atoms with van der Waals surface area (Å²) in [5, 5.41) is 9.45. The molecule has 1 unspecified atom stereocenters. The van der Waals surface area contributed by atoms with Crippen LogP contribution in [0.4, 0.5) is 0 Å². The lowest BCUT2D eigenvalue weighted by atomic mass is 10.0. The highest BCUT2D eigenvalue weighted by Crippen LogP contribution is 2.07. The second-order valence-electron chi connectivity index (χ2n) is 3.61. The van der Waals surface area contributed by atoms with Gasteiger partial charge in [0, 0.05) is 0 Å². The molecule has 1 aromatic carbocycles. The standard InChI is InChI=1S/C12H19NO/c13-10-9-12(14)8-4-7-11-5-2-1-3-6-11/h1-3,5-6,12,14H,4,7-10,13H2. The first-order valence-corrected chi connectivity index (χ1v) is 5.25. The topological polar surface area (TPSA) is 46.2 Å². The number of benzene rings is 1. The summed E-state index contributed by atoms with van der Waals surface area (Å²) < 4.78 is 0. The van der Waals surface area contributed by atoms with Crippen molar-refractivity contribution in [2.75, 3.05) is 6.54 Å². The third-order valence-electron chi connectivity index (χ3n) is 2.35. The molecule has 14 heavy (non-hydrogen) atoms. The van der Waals surface area contributed by atoms with Crippen LogP contribution >= 0.6 is 0 Å². The van der Waals surface area contributed by atoms with Crippen molar-refractivity contribution in [2.45, 2.75) is 31.8 Å². The van der Waals surface area contributed by atoms with E-state index in [1.807, 2.05) is 18.2 Å². The Balaban J connectivity index is 2.16. The molecule has 1 atom stereocenters. The fraction of sp³-hybridized carbons (Fsp3) is 0.500. The van der Waals surface area contributed by atoms with Crippen molar-refractivity contribution >= 4 is 0 Å². The SMILES string of the molecule is NCCC(O)CCCc1ccccc1. The average molecular weight is 193 g/mol. The number of hydrogen-bond acceptors (Lipinski definition) is 2. The fourth-order valence-corrected chi connectivity index (χ4v) is 1.52. The minimum atomic E-state index is -0.219. The highest BCUT2D eigenvalue weighted by Gasteiger charge is 2.01. The maximum absolute atomic E-state index is 9.45. The highest BCUT2D eigenvalue weighted by molar-refractivity contribution is 5.14. The van der Waals surface area contributed by atoms with Crippen molar-refractivity contribution in [1.29, 1.82) is 0 Å². The number of aliphatic hydroxyl groups is 1. The molecular formula is C12H19NO. The predicted molar refractivity (Wildman–Crippen MR) is 59.1 cm³/mol. The first-order valence-electron chi connectivity index (χ1n) is 5.25. The van der Waals surface area contributed by atoms with Crippen LogP contribution in [0.25, 0.3) is 0 Å². The number of nitrogens with two attached hydrogens (primary N) is 1. The maximum Gasteiger partial charge on any atom is 0.0552 e. The Morgan fingerprint density at radius 1 is 1.14 bits per heavy atom. The van der Waals surface area contributed by atoms with Crippen LogP contribution in [-0.4, -0.2) is 17.8 Å². The van der Waals surface area contributed by atoms with E-state index in [1.165, 1.54) is 5.56 Å². The lowest BCUT2D eigenvalue weighted by Crippen LogP contribution is -2.13. The fourth-order valence-electron chi connectivity index (χ4n) is 1.52. The molecule has 0 heterocycles. The predicted octanol–water partition coefficient (Wildman–Crippen LogP) is 1.72. The highest BCUT2D eigenvalue weighted by atomic mass is 16.3. The molecule has 0 spiro atoms. The van der Waals surface area contributed by atoms with E-state index in [1.54, 1.807) is 0 Å². The first kappa shape index (κ1) is 11.2. The van der Waals surface area contributed by atoms with E-state index in [2.05, 4.69) is 12.1 Å². The van der Waals surface area contributed by atoms with Crippen molar-refractivity contribution in [3.63, 3.8) is 0 Å². The van der Waals surface area contributed by atoms with Crippen molar-refractivity contribution < 1.29 is 5.11 Å². The molecule has 78 valence electrons. The molecule has 0 bridgehead atoms. The van der Waals surface area contributed by atoms with E-state index < -0.39 is 0 Å². The van der Waals surface area contributed by atoms with Gasteiger partial charge in [-0.05, 0) is 37.8 Å². The van der Waals surface area contributed by atoms with Crippen LogP contribution < -0.4 is 5.73 Å². The summed E-state index contributed by atoms with van der Waals surface area (Å²) in [6.45, 7) is 0.576. The van der Waals surface area contributed by atoms with E-state index in [0.717, 1.165) is 25.7 Å². The van der Waals surface area contributed by atoms with Gasteiger partial charge in [-0.25, -0.2) is 0 Å². The molecule has 0 amide bonds. The molecule has 0 aliphatic heterocycles. The molecule has 1 rings (SSSR count). The molecule has 3 N–H and O–H groups in total.